The molecule has 1 aromatic carbocycles. The molecule has 2 amide bonds. The summed E-state index contributed by atoms with van der Waals surface area (Å²) in [7, 11) is 0. The summed E-state index contributed by atoms with van der Waals surface area (Å²) >= 11 is 1.38. The molecule has 0 saturated carbocycles. The summed E-state index contributed by atoms with van der Waals surface area (Å²) in [6.45, 7) is 4.39. The lowest BCUT2D eigenvalue weighted by molar-refractivity contribution is 0.0843. The Morgan fingerprint density at radius 2 is 1.83 bits per heavy atom. The van der Waals surface area contributed by atoms with Crippen molar-refractivity contribution >= 4 is 28.3 Å². The molecule has 9 nitrogen and oxygen atoms in total. The van der Waals surface area contributed by atoms with Crippen molar-refractivity contribution in [2.75, 3.05) is 31.2 Å². The summed E-state index contributed by atoms with van der Waals surface area (Å²) in [6.07, 6.45) is 0. The van der Waals surface area contributed by atoms with Crippen LogP contribution in [0.15, 0.2) is 40.2 Å². The molecule has 1 aliphatic rings. The molecule has 0 radical (unpaired) electrons. The molecule has 29 heavy (non-hydrogen) atoms. The third kappa shape index (κ3) is 4.13. The number of carbonyl (C=O) groups is 2. The number of aromatic nitrogens is 2. The van der Waals surface area contributed by atoms with Crippen molar-refractivity contribution in [3.8, 4) is 11.3 Å². The zero-order valence-corrected chi connectivity index (χ0v) is 16.5. The number of nitrogens with zero attached hydrogens (tertiary/aromatic N) is 3. The lowest BCUT2D eigenvalue weighted by Crippen LogP contribution is -2.42. The van der Waals surface area contributed by atoms with Crippen LogP contribution < -0.4 is 15.8 Å². The minimum absolute atomic E-state index is 0.238. The van der Waals surface area contributed by atoms with E-state index in [-0.39, 0.29) is 11.3 Å². The second-order valence-electron chi connectivity index (χ2n) is 6.35. The van der Waals surface area contributed by atoms with Gasteiger partial charge >= 0.3 is 0 Å². The number of carbonyl (C=O) groups excluding carboxylic acids is 2. The van der Waals surface area contributed by atoms with Gasteiger partial charge in [0.1, 0.15) is 22.7 Å². The van der Waals surface area contributed by atoms with Crippen LogP contribution in [0.2, 0.25) is 0 Å². The molecule has 3 aromatic rings. The second kappa shape index (κ2) is 8.41. The van der Waals surface area contributed by atoms with E-state index in [1.165, 1.54) is 11.3 Å². The Balaban J connectivity index is 1.42. The maximum atomic E-state index is 12.6. The van der Waals surface area contributed by atoms with Gasteiger partial charge in [-0.25, -0.2) is 4.98 Å². The monoisotopic (exact) mass is 413 g/mol. The zero-order chi connectivity index (χ0) is 20.2. The standard InChI is InChI=1S/C19H19N5O4S/c1-12-15(16(23-28-12)13-5-3-2-4-6-13)18(26)22-21-17(25)14-11-29-19(20-14)24-7-9-27-10-8-24/h2-6,11H,7-10H2,1H3,(H,21,25)(H,22,26). The highest BCUT2D eigenvalue weighted by molar-refractivity contribution is 7.13. The summed E-state index contributed by atoms with van der Waals surface area (Å²) in [4.78, 5) is 31.5. The van der Waals surface area contributed by atoms with Crippen molar-refractivity contribution in [1.29, 1.82) is 0 Å². The first-order valence-electron chi connectivity index (χ1n) is 9.04. The number of hydrogen-bond acceptors (Lipinski definition) is 8. The topological polar surface area (TPSA) is 110 Å². The van der Waals surface area contributed by atoms with Gasteiger partial charge in [-0.05, 0) is 6.92 Å². The molecule has 0 spiro atoms. The van der Waals surface area contributed by atoms with Gasteiger partial charge in [-0.15, -0.1) is 11.3 Å². The first-order valence-corrected chi connectivity index (χ1v) is 9.92. The van der Waals surface area contributed by atoms with Crippen LogP contribution in [-0.2, 0) is 4.74 Å². The largest absolute Gasteiger partial charge is 0.378 e. The summed E-state index contributed by atoms with van der Waals surface area (Å²) in [5.74, 6) is -0.650. The third-order valence-corrected chi connectivity index (χ3v) is 5.33. The van der Waals surface area contributed by atoms with Gasteiger partial charge in [0, 0.05) is 24.0 Å². The van der Waals surface area contributed by atoms with Crippen LogP contribution in [-0.4, -0.2) is 48.3 Å². The van der Waals surface area contributed by atoms with Crippen LogP contribution in [0, 0.1) is 6.92 Å². The molecular weight excluding hydrogens is 394 g/mol. The Labute approximate surface area is 170 Å². The van der Waals surface area contributed by atoms with Gasteiger partial charge < -0.3 is 14.2 Å². The zero-order valence-electron chi connectivity index (χ0n) is 15.7. The Bertz CT molecular complexity index is 1010. The first-order chi connectivity index (χ1) is 14.1. The maximum absolute atomic E-state index is 12.6. The number of anilines is 1. The van der Waals surface area contributed by atoms with Crippen LogP contribution in [0.5, 0.6) is 0 Å². The summed E-state index contributed by atoms with van der Waals surface area (Å²) in [5, 5.41) is 6.39. The Hall–Kier alpha value is -3.24. The van der Waals surface area contributed by atoms with Crippen LogP contribution in [0.4, 0.5) is 5.13 Å². The summed E-state index contributed by atoms with van der Waals surface area (Å²) in [5.41, 5.74) is 6.48. The summed E-state index contributed by atoms with van der Waals surface area (Å²) < 4.78 is 10.5. The van der Waals surface area contributed by atoms with E-state index in [1.54, 1.807) is 12.3 Å². The number of hydrogen-bond donors (Lipinski definition) is 2. The SMILES string of the molecule is Cc1onc(-c2ccccc2)c1C(=O)NNC(=O)c1csc(N2CCOCC2)n1. The number of benzene rings is 1. The molecule has 2 N–H and O–H groups in total. The van der Waals surface area contributed by atoms with Gasteiger partial charge in [-0.1, -0.05) is 35.5 Å². The highest BCUT2D eigenvalue weighted by Gasteiger charge is 2.23. The third-order valence-electron chi connectivity index (χ3n) is 4.43. The molecule has 0 atom stereocenters. The molecular formula is C19H19N5O4S. The molecule has 4 rings (SSSR count). The fourth-order valence-electron chi connectivity index (χ4n) is 2.94. The van der Waals surface area contributed by atoms with E-state index in [4.69, 9.17) is 9.26 Å². The number of aryl methyl sites for hydroxylation is 1. The Morgan fingerprint density at radius 1 is 1.10 bits per heavy atom. The number of amides is 2. The number of nitrogens with one attached hydrogen (secondary N) is 2. The van der Waals surface area contributed by atoms with Gasteiger partial charge in [0.05, 0.1) is 13.2 Å². The van der Waals surface area contributed by atoms with Gasteiger partial charge in [0.2, 0.25) is 0 Å². The lowest BCUT2D eigenvalue weighted by atomic mass is 10.1. The Morgan fingerprint density at radius 3 is 2.59 bits per heavy atom. The van der Waals surface area contributed by atoms with Gasteiger partial charge in [0.15, 0.2) is 5.13 Å². The van der Waals surface area contributed by atoms with E-state index in [1.807, 2.05) is 30.3 Å². The highest BCUT2D eigenvalue weighted by Crippen LogP contribution is 2.25. The maximum Gasteiger partial charge on any atom is 0.289 e. The quantitative estimate of drug-likeness (QED) is 0.630. The Kier molecular flexibility index (Phi) is 5.54. The normalized spacial score (nSPS) is 13.9. The van der Waals surface area contributed by atoms with E-state index in [0.29, 0.717) is 24.7 Å². The molecule has 0 bridgehead atoms. The number of ether oxygens (including phenoxy) is 1. The van der Waals surface area contributed by atoms with Gasteiger partial charge in [0.25, 0.3) is 11.8 Å². The van der Waals surface area contributed by atoms with Crippen molar-refractivity contribution in [1.82, 2.24) is 21.0 Å². The molecule has 150 valence electrons. The van der Waals surface area contributed by atoms with Gasteiger partial charge in [-0.3, -0.25) is 20.4 Å². The second-order valence-corrected chi connectivity index (χ2v) is 7.19. The molecule has 0 unspecified atom stereocenters. The van der Waals surface area contributed by atoms with Crippen LogP contribution >= 0.6 is 11.3 Å². The molecule has 1 saturated heterocycles. The first kappa shape index (κ1) is 19.1. The van der Waals surface area contributed by atoms with E-state index in [0.717, 1.165) is 23.8 Å². The number of morpholine rings is 1. The molecule has 1 aliphatic heterocycles. The smallest absolute Gasteiger partial charge is 0.289 e. The molecule has 0 aliphatic carbocycles. The molecule has 3 heterocycles. The fourth-order valence-corrected chi connectivity index (χ4v) is 3.80. The van der Waals surface area contributed by atoms with Crippen molar-refractivity contribution in [2.45, 2.75) is 6.92 Å². The number of rotatable bonds is 4. The summed E-state index contributed by atoms with van der Waals surface area (Å²) in [6, 6.07) is 9.22. The van der Waals surface area contributed by atoms with Crippen molar-refractivity contribution in [3.05, 3.63) is 52.7 Å². The van der Waals surface area contributed by atoms with Crippen LogP contribution in [0.3, 0.4) is 0 Å². The van der Waals surface area contributed by atoms with Crippen LogP contribution in [0.25, 0.3) is 11.3 Å². The predicted octanol–water partition coefficient (Wildman–Crippen LogP) is 2.02. The van der Waals surface area contributed by atoms with Crippen LogP contribution in [0.1, 0.15) is 26.6 Å². The predicted molar refractivity (Wildman–Crippen MR) is 107 cm³/mol. The van der Waals surface area contributed by atoms with E-state index >= 15 is 0 Å². The van der Waals surface area contributed by atoms with Crippen molar-refractivity contribution < 1.29 is 18.8 Å². The fraction of sp³-hybridized carbons (Fsp3) is 0.263. The molecule has 2 aromatic heterocycles. The van der Waals surface area contributed by atoms with Gasteiger partial charge in [-0.2, -0.15) is 0 Å². The van der Waals surface area contributed by atoms with E-state index < -0.39 is 11.8 Å². The minimum Gasteiger partial charge on any atom is -0.378 e. The van der Waals surface area contributed by atoms with Crippen molar-refractivity contribution in [2.24, 2.45) is 0 Å². The number of thiazole rings is 1. The van der Waals surface area contributed by atoms with E-state index in [2.05, 4.69) is 25.9 Å². The minimum atomic E-state index is -0.514. The van der Waals surface area contributed by atoms with Crippen molar-refractivity contribution in [3.63, 3.8) is 0 Å². The average Bonchev–Trinajstić information content (AvgIpc) is 3.40. The molecule has 10 heteroatoms. The van der Waals surface area contributed by atoms with E-state index in [9.17, 15) is 9.59 Å². The highest BCUT2D eigenvalue weighted by atomic mass is 32.1. The molecule has 1 fully saturated rings. The lowest BCUT2D eigenvalue weighted by Gasteiger charge is -2.25. The number of hydrazine groups is 1. The average molecular weight is 413 g/mol.